The number of para-hydroxylation sites is 1. The summed E-state index contributed by atoms with van der Waals surface area (Å²) in [5.74, 6) is 0.620. The molecule has 1 aliphatic rings. The molecule has 0 unspecified atom stereocenters. The summed E-state index contributed by atoms with van der Waals surface area (Å²) in [6, 6.07) is 7.30. The Labute approximate surface area is 173 Å². The van der Waals surface area contributed by atoms with Crippen molar-refractivity contribution in [1.29, 1.82) is 0 Å². The van der Waals surface area contributed by atoms with E-state index < -0.39 is 15.9 Å². The second-order valence-corrected chi connectivity index (χ2v) is 9.89. The third-order valence-electron chi connectivity index (χ3n) is 5.41. The maximum absolute atomic E-state index is 12.3. The number of benzene rings is 1. The van der Waals surface area contributed by atoms with Gasteiger partial charge in [0.05, 0.1) is 11.9 Å². The molecule has 3 atom stereocenters. The van der Waals surface area contributed by atoms with Gasteiger partial charge in [-0.05, 0) is 49.0 Å². The predicted molar refractivity (Wildman–Crippen MR) is 116 cm³/mol. The van der Waals surface area contributed by atoms with Crippen LogP contribution in [-0.2, 0) is 14.8 Å². The molecule has 0 aromatic heterocycles. The summed E-state index contributed by atoms with van der Waals surface area (Å²) in [6.45, 7) is 5.90. The van der Waals surface area contributed by atoms with Gasteiger partial charge in [-0.3, -0.25) is 20.0 Å². The number of anilines is 1. The van der Waals surface area contributed by atoms with Crippen molar-refractivity contribution in [3.05, 3.63) is 29.8 Å². The molecule has 7 nitrogen and oxygen atoms in total. The lowest BCUT2D eigenvalue weighted by Crippen LogP contribution is -2.54. The van der Waals surface area contributed by atoms with Crippen LogP contribution in [0.25, 0.3) is 0 Å². The number of hydrogen-bond acceptors (Lipinski definition) is 4. The van der Waals surface area contributed by atoms with E-state index >= 15 is 0 Å². The van der Waals surface area contributed by atoms with Crippen molar-refractivity contribution in [3.63, 3.8) is 0 Å². The molecule has 0 heterocycles. The molecule has 156 valence electrons. The van der Waals surface area contributed by atoms with Crippen LogP contribution in [0.2, 0.25) is 0 Å². The highest BCUT2D eigenvalue weighted by Crippen LogP contribution is 2.29. The standard InChI is InChI=1S/C19H30N4O3S2/c1-13-9-7-10-16(15(13)3)20-19(27)22-21-18(24)12-23(28(4,25)26)17-11-6-5-8-14(17)2/h5-6,8,11,13,15-16H,7,9-10,12H2,1-4H3,(H,21,24)(H2,20,22,27)/t13-,15-,16+/m0/s1. The Hall–Kier alpha value is -1.87. The number of hydrazine groups is 1. The van der Waals surface area contributed by atoms with Crippen molar-refractivity contribution in [2.24, 2.45) is 11.8 Å². The Morgan fingerprint density at radius 1 is 1.21 bits per heavy atom. The first-order valence-corrected chi connectivity index (χ1v) is 11.7. The molecule has 1 amide bonds. The lowest BCUT2D eigenvalue weighted by Gasteiger charge is -2.35. The van der Waals surface area contributed by atoms with Crippen LogP contribution in [0.5, 0.6) is 0 Å². The predicted octanol–water partition coefficient (Wildman–Crippen LogP) is 2.08. The van der Waals surface area contributed by atoms with Gasteiger partial charge in [0, 0.05) is 6.04 Å². The van der Waals surface area contributed by atoms with Crippen molar-refractivity contribution in [2.75, 3.05) is 17.1 Å². The summed E-state index contributed by atoms with van der Waals surface area (Å²) < 4.78 is 25.4. The monoisotopic (exact) mass is 426 g/mol. The number of sulfonamides is 1. The first-order chi connectivity index (χ1) is 13.1. The lowest BCUT2D eigenvalue weighted by atomic mass is 9.78. The highest BCUT2D eigenvalue weighted by atomic mass is 32.2. The van der Waals surface area contributed by atoms with Crippen molar-refractivity contribution in [2.45, 2.75) is 46.1 Å². The average Bonchev–Trinajstić information content (AvgIpc) is 2.62. The average molecular weight is 427 g/mol. The van der Waals surface area contributed by atoms with Gasteiger partial charge >= 0.3 is 0 Å². The van der Waals surface area contributed by atoms with Gasteiger partial charge in [0.25, 0.3) is 5.91 Å². The number of nitrogens with zero attached hydrogens (tertiary/aromatic N) is 1. The van der Waals surface area contributed by atoms with Crippen LogP contribution in [-0.4, -0.2) is 38.3 Å². The molecule has 9 heteroatoms. The number of hydrogen-bond donors (Lipinski definition) is 3. The molecule has 0 spiro atoms. The van der Waals surface area contributed by atoms with Crippen LogP contribution in [0.1, 0.15) is 38.7 Å². The van der Waals surface area contributed by atoms with Crippen molar-refractivity contribution < 1.29 is 13.2 Å². The zero-order valence-corrected chi connectivity index (χ0v) is 18.5. The number of nitrogens with one attached hydrogen (secondary N) is 3. The van der Waals surface area contributed by atoms with E-state index in [-0.39, 0.29) is 12.6 Å². The number of carbonyl (C=O) groups is 1. The molecule has 0 aliphatic heterocycles. The fraction of sp³-hybridized carbons (Fsp3) is 0.579. The van der Waals surface area contributed by atoms with E-state index in [0.717, 1.165) is 29.0 Å². The van der Waals surface area contributed by atoms with E-state index in [1.54, 1.807) is 25.1 Å². The SMILES string of the molecule is Cc1ccccc1N(CC(=O)NNC(=S)N[C@@H]1CCC[C@H](C)[C@@H]1C)S(C)(=O)=O. The fourth-order valence-electron chi connectivity index (χ4n) is 3.51. The first kappa shape index (κ1) is 22.4. The van der Waals surface area contributed by atoms with Gasteiger partial charge in [-0.2, -0.15) is 0 Å². The summed E-state index contributed by atoms with van der Waals surface area (Å²) in [4.78, 5) is 12.3. The summed E-state index contributed by atoms with van der Waals surface area (Å²) in [6.07, 6.45) is 4.49. The second-order valence-electron chi connectivity index (χ2n) is 7.58. The van der Waals surface area contributed by atoms with Crippen LogP contribution in [0.3, 0.4) is 0 Å². The molecular formula is C19H30N4O3S2. The molecule has 1 fully saturated rings. The van der Waals surface area contributed by atoms with Gasteiger partial charge in [-0.15, -0.1) is 0 Å². The Balaban J connectivity index is 1.93. The minimum atomic E-state index is -3.61. The topological polar surface area (TPSA) is 90.5 Å². The zero-order chi connectivity index (χ0) is 20.9. The third-order valence-corrected chi connectivity index (χ3v) is 6.76. The van der Waals surface area contributed by atoms with Crippen LogP contribution in [0.4, 0.5) is 5.69 Å². The largest absolute Gasteiger partial charge is 0.358 e. The Bertz CT molecular complexity index is 813. The lowest BCUT2D eigenvalue weighted by molar-refractivity contribution is -0.120. The van der Waals surface area contributed by atoms with Gasteiger partial charge in [-0.25, -0.2) is 8.42 Å². The molecule has 2 rings (SSSR count). The van der Waals surface area contributed by atoms with Crippen molar-refractivity contribution in [1.82, 2.24) is 16.2 Å². The summed E-state index contributed by atoms with van der Waals surface area (Å²) in [5, 5.41) is 3.59. The minimum Gasteiger partial charge on any atom is -0.358 e. The summed E-state index contributed by atoms with van der Waals surface area (Å²) >= 11 is 5.28. The fourth-order valence-corrected chi connectivity index (χ4v) is 4.63. The van der Waals surface area contributed by atoms with Gasteiger partial charge in [-0.1, -0.05) is 44.9 Å². The smallest absolute Gasteiger partial charge is 0.259 e. The Morgan fingerprint density at radius 3 is 2.54 bits per heavy atom. The third kappa shape index (κ3) is 6.07. The highest BCUT2D eigenvalue weighted by molar-refractivity contribution is 7.92. The van der Waals surface area contributed by atoms with Crippen LogP contribution >= 0.6 is 12.2 Å². The molecule has 0 saturated heterocycles. The quantitative estimate of drug-likeness (QED) is 0.493. The maximum atomic E-state index is 12.3. The van der Waals surface area contributed by atoms with Gasteiger partial charge in [0.1, 0.15) is 6.54 Å². The molecule has 1 saturated carbocycles. The number of carbonyl (C=O) groups excluding carboxylic acids is 1. The van der Waals surface area contributed by atoms with Crippen molar-refractivity contribution >= 4 is 38.9 Å². The summed E-state index contributed by atoms with van der Waals surface area (Å²) in [7, 11) is -3.61. The van der Waals surface area contributed by atoms with E-state index in [0.29, 0.717) is 22.6 Å². The van der Waals surface area contributed by atoms with Crippen molar-refractivity contribution in [3.8, 4) is 0 Å². The zero-order valence-electron chi connectivity index (χ0n) is 16.9. The maximum Gasteiger partial charge on any atom is 0.259 e. The molecule has 3 N–H and O–H groups in total. The Morgan fingerprint density at radius 2 is 1.89 bits per heavy atom. The van der Waals surface area contributed by atoms with Gasteiger partial charge in [0.2, 0.25) is 10.0 Å². The normalized spacial score (nSPS) is 22.2. The number of aryl methyl sites for hydroxylation is 1. The summed E-state index contributed by atoms with van der Waals surface area (Å²) in [5.41, 5.74) is 6.43. The first-order valence-electron chi connectivity index (χ1n) is 9.48. The molecule has 0 bridgehead atoms. The van der Waals surface area contributed by atoms with E-state index in [9.17, 15) is 13.2 Å². The molecular weight excluding hydrogens is 396 g/mol. The van der Waals surface area contributed by atoms with Crippen LogP contribution in [0, 0.1) is 18.8 Å². The molecule has 1 aliphatic carbocycles. The van der Waals surface area contributed by atoms with Crippen LogP contribution in [0.15, 0.2) is 24.3 Å². The number of thiocarbonyl (C=S) groups is 1. The highest BCUT2D eigenvalue weighted by Gasteiger charge is 2.27. The second kappa shape index (κ2) is 9.56. The molecule has 1 aromatic rings. The van der Waals surface area contributed by atoms with E-state index in [4.69, 9.17) is 12.2 Å². The van der Waals surface area contributed by atoms with E-state index in [2.05, 4.69) is 30.0 Å². The molecule has 0 radical (unpaired) electrons. The number of rotatable bonds is 5. The van der Waals surface area contributed by atoms with Gasteiger partial charge < -0.3 is 5.32 Å². The van der Waals surface area contributed by atoms with Gasteiger partial charge in [0.15, 0.2) is 5.11 Å². The van der Waals surface area contributed by atoms with E-state index in [1.807, 2.05) is 6.07 Å². The number of amides is 1. The molecule has 28 heavy (non-hydrogen) atoms. The molecule has 1 aromatic carbocycles. The van der Waals surface area contributed by atoms with Crippen LogP contribution < -0.4 is 20.5 Å². The Kier molecular flexibility index (Phi) is 7.65. The van der Waals surface area contributed by atoms with E-state index in [1.165, 1.54) is 6.42 Å². The minimum absolute atomic E-state index is 0.264.